The maximum atomic E-state index is 12.1. The molecule has 5 nitrogen and oxygen atoms in total. The van der Waals surface area contributed by atoms with Crippen LogP contribution in [-0.2, 0) is 11.3 Å². The molecule has 0 saturated carbocycles. The molecule has 5 heteroatoms. The van der Waals surface area contributed by atoms with E-state index in [1.54, 1.807) is 0 Å². The van der Waals surface area contributed by atoms with Crippen molar-refractivity contribution in [1.29, 1.82) is 0 Å². The molecule has 1 saturated heterocycles. The summed E-state index contributed by atoms with van der Waals surface area (Å²) in [5.41, 5.74) is 3.97. The fourth-order valence-corrected chi connectivity index (χ4v) is 2.88. The summed E-state index contributed by atoms with van der Waals surface area (Å²) >= 11 is 0. The van der Waals surface area contributed by atoms with Crippen molar-refractivity contribution in [2.45, 2.75) is 39.3 Å². The molecule has 1 fully saturated rings. The van der Waals surface area contributed by atoms with E-state index in [1.807, 2.05) is 42.8 Å². The van der Waals surface area contributed by atoms with Gasteiger partial charge in [-0.1, -0.05) is 12.1 Å². The summed E-state index contributed by atoms with van der Waals surface area (Å²) in [7, 11) is 0. The van der Waals surface area contributed by atoms with Crippen molar-refractivity contribution in [1.82, 2.24) is 15.1 Å². The summed E-state index contributed by atoms with van der Waals surface area (Å²) in [5.74, 6) is -0.0434. The summed E-state index contributed by atoms with van der Waals surface area (Å²) in [6, 6.07) is 9.76. The van der Waals surface area contributed by atoms with Gasteiger partial charge in [0.05, 0.1) is 18.3 Å². The molecule has 1 atom stereocenters. The van der Waals surface area contributed by atoms with Gasteiger partial charge in [0.2, 0.25) is 0 Å². The molecule has 1 aliphatic rings. The lowest BCUT2D eigenvalue weighted by Gasteiger charge is -2.11. The highest BCUT2D eigenvalue weighted by Gasteiger charge is 2.16. The normalized spacial score (nSPS) is 17.4. The molecule has 1 N–H and O–H groups in total. The Hall–Kier alpha value is -2.14. The number of amides is 1. The monoisotopic (exact) mass is 313 g/mol. The Bertz CT molecular complexity index is 670. The number of hydrogen-bond donors (Lipinski definition) is 1. The maximum Gasteiger partial charge on any atom is 0.251 e. The molecule has 0 aliphatic carbocycles. The molecule has 3 rings (SSSR count). The van der Waals surface area contributed by atoms with Crippen molar-refractivity contribution in [3.63, 3.8) is 0 Å². The topological polar surface area (TPSA) is 56.2 Å². The quantitative estimate of drug-likeness (QED) is 0.922. The lowest BCUT2D eigenvalue weighted by atomic mass is 10.1. The third-order valence-corrected chi connectivity index (χ3v) is 4.17. The van der Waals surface area contributed by atoms with E-state index in [1.165, 1.54) is 0 Å². The lowest BCUT2D eigenvalue weighted by Crippen LogP contribution is -2.31. The summed E-state index contributed by atoms with van der Waals surface area (Å²) in [4.78, 5) is 12.1. The van der Waals surface area contributed by atoms with Gasteiger partial charge < -0.3 is 10.1 Å². The molecule has 1 amide bonds. The van der Waals surface area contributed by atoms with Gasteiger partial charge in [0.15, 0.2) is 0 Å². The van der Waals surface area contributed by atoms with E-state index in [9.17, 15) is 4.79 Å². The minimum atomic E-state index is -0.0434. The van der Waals surface area contributed by atoms with Crippen LogP contribution in [0.2, 0.25) is 0 Å². The smallest absolute Gasteiger partial charge is 0.251 e. The Morgan fingerprint density at radius 3 is 2.74 bits per heavy atom. The first-order valence-corrected chi connectivity index (χ1v) is 8.11. The SMILES string of the molecule is Cc1cc(C)n(Cc2ccc(C(=O)NC[C@H]3CCCO3)cc2)n1. The second-order valence-electron chi connectivity index (χ2n) is 6.13. The van der Waals surface area contributed by atoms with Crippen LogP contribution >= 0.6 is 0 Å². The van der Waals surface area contributed by atoms with E-state index >= 15 is 0 Å². The van der Waals surface area contributed by atoms with Crippen molar-refractivity contribution >= 4 is 5.91 Å². The van der Waals surface area contributed by atoms with Crippen molar-refractivity contribution in [3.8, 4) is 0 Å². The fraction of sp³-hybridized carbons (Fsp3) is 0.444. The lowest BCUT2D eigenvalue weighted by molar-refractivity contribution is 0.0858. The largest absolute Gasteiger partial charge is 0.376 e. The van der Waals surface area contributed by atoms with Gasteiger partial charge >= 0.3 is 0 Å². The standard InChI is InChI=1S/C18H23N3O2/c1-13-10-14(2)21(20-13)12-15-5-7-16(8-6-15)18(22)19-11-17-4-3-9-23-17/h5-8,10,17H,3-4,9,11-12H2,1-2H3,(H,19,22)/t17-/m1/s1. The number of nitrogens with one attached hydrogen (secondary N) is 1. The number of hydrogen-bond acceptors (Lipinski definition) is 3. The number of benzene rings is 1. The molecular formula is C18H23N3O2. The minimum Gasteiger partial charge on any atom is -0.376 e. The predicted octanol–water partition coefficient (Wildman–Crippen LogP) is 2.46. The zero-order valence-electron chi connectivity index (χ0n) is 13.7. The summed E-state index contributed by atoms with van der Waals surface area (Å²) < 4.78 is 7.49. The van der Waals surface area contributed by atoms with Gasteiger partial charge in [-0.2, -0.15) is 5.10 Å². The van der Waals surface area contributed by atoms with Crippen LogP contribution in [0.5, 0.6) is 0 Å². The maximum absolute atomic E-state index is 12.1. The first-order chi connectivity index (χ1) is 11.1. The van der Waals surface area contributed by atoms with E-state index in [0.717, 1.165) is 42.9 Å². The molecule has 1 aliphatic heterocycles. The van der Waals surface area contributed by atoms with Crippen LogP contribution in [0.4, 0.5) is 0 Å². The van der Waals surface area contributed by atoms with E-state index in [4.69, 9.17) is 4.74 Å². The van der Waals surface area contributed by atoms with Gasteiger partial charge in [-0.25, -0.2) is 0 Å². The third-order valence-electron chi connectivity index (χ3n) is 4.17. The van der Waals surface area contributed by atoms with E-state index in [0.29, 0.717) is 12.1 Å². The van der Waals surface area contributed by atoms with Crippen LogP contribution in [0.1, 0.15) is 40.2 Å². The summed E-state index contributed by atoms with van der Waals surface area (Å²) in [6.45, 7) is 6.16. The molecule has 0 spiro atoms. The summed E-state index contributed by atoms with van der Waals surface area (Å²) in [5, 5.41) is 7.40. The van der Waals surface area contributed by atoms with Gasteiger partial charge in [-0.3, -0.25) is 9.48 Å². The Morgan fingerprint density at radius 2 is 2.13 bits per heavy atom. The average Bonchev–Trinajstić information content (AvgIpc) is 3.16. The van der Waals surface area contributed by atoms with Crippen LogP contribution < -0.4 is 5.32 Å². The zero-order chi connectivity index (χ0) is 16.2. The molecular weight excluding hydrogens is 290 g/mol. The van der Waals surface area contributed by atoms with Crippen molar-refractivity contribution < 1.29 is 9.53 Å². The van der Waals surface area contributed by atoms with Crippen molar-refractivity contribution in [2.75, 3.05) is 13.2 Å². The Labute approximate surface area is 136 Å². The zero-order valence-corrected chi connectivity index (χ0v) is 13.7. The van der Waals surface area contributed by atoms with E-state index in [2.05, 4.69) is 16.5 Å². The highest BCUT2D eigenvalue weighted by molar-refractivity contribution is 5.94. The van der Waals surface area contributed by atoms with Crippen LogP contribution in [0.3, 0.4) is 0 Å². The number of ether oxygens (including phenoxy) is 1. The fourth-order valence-electron chi connectivity index (χ4n) is 2.88. The molecule has 0 radical (unpaired) electrons. The Kier molecular flexibility index (Phi) is 4.76. The van der Waals surface area contributed by atoms with E-state index < -0.39 is 0 Å². The molecule has 0 unspecified atom stereocenters. The third kappa shape index (κ3) is 3.99. The highest BCUT2D eigenvalue weighted by atomic mass is 16.5. The number of aryl methyl sites for hydroxylation is 2. The van der Waals surface area contributed by atoms with Gasteiger partial charge in [-0.15, -0.1) is 0 Å². The number of carbonyl (C=O) groups excluding carboxylic acids is 1. The molecule has 1 aromatic carbocycles. The van der Waals surface area contributed by atoms with E-state index in [-0.39, 0.29) is 12.0 Å². The molecule has 2 aromatic rings. The molecule has 122 valence electrons. The first kappa shape index (κ1) is 15.7. The first-order valence-electron chi connectivity index (χ1n) is 8.11. The summed E-state index contributed by atoms with van der Waals surface area (Å²) in [6.07, 6.45) is 2.29. The number of aromatic nitrogens is 2. The minimum absolute atomic E-state index is 0.0434. The van der Waals surface area contributed by atoms with Gasteiger partial charge in [0, 0.05) is 24.4 Å². The second-order valence-corrected chi connectivity index (χ2v) is 6.13. The van der Waals surface area contributed by atoms with Crippen LogP contribution in [0, 0.1) is 13.8 Å². The number of carbonyl (C=O) groups is 1. The average molecular weight is 313 g/mol. The Balaban J connectivity index is 1.57. The van der Waals surface area contributed by atoms with Crippen LogP contribution in [0.25, 0.3) is 0 Å². The highest BCUT2D eigenvalue weighted by Crippen LogP contribution is 2.12. The molecule has 1 aromatic heterocycles. The van der Waals surface area contributed by atoms with Gasteiger partial charge in [0.1, 0.15) is 0 Å². The Morgan fingerprint density at radius 1 is 1.35 bits per heavy atom. The van der Waals surface area contributed by atoms with Crippen molar-refractivity contribution in [2.24, 2.45) is 0 Å². The number of nitrogens with zero attached hydrogens (tertiary/aromatic N) is 2. The predicted molar refractivity (Wildman–Crippen MR) is 88.6 cm³/mol. The van der Waals surface area contributed by atoms with Crippen LogP contribution in [-0.4, -0.2) is 34.9 Å². The number of rotatable bonds is 5. The van der Waals surface area contributed by atoms with Crippen molar-refractivity contribution in [3.05, 3.63) is 52.8 Å². The molecule has 0 bridgehead atoms. The molecule has 2 heterocycles. The van der Waals surface area contributed by atoms with Gasteiger partial charge in [-0.05, 0) is 50.5 Å². The van der Waals surface area contributed by atoms with Crippen LogP contribution in [0.15, 0.2) is 30.3 Å². The van der Waals surface area contributed by atoms with Gasteiger partial charge in [0.25, 0.3) is 5.91 Å². The second kappa shape index (κ2) is 6.96. The molecule has 23 heavy (non-hydrogen) atoms.